The molecule has 0 bridgehead atoms. The van der Waals surface area contributed by atoms with Crippen molar-refractivity contribution < 1.29 is 4.79 Å². The maximum Gasteiger partial charge on any atom is 0.161 e. The van der Waals surface area contributed by atoms with Gasteiger partial charge in [-0.05, 0) is 25.5 Å². The summed E-state index contributed by atoms with van der Waals surface area (Å²) in [6, 6.07) is 10.6. The summed E-state index contributed by atoms with van der Waals surface area (Å²) >= 11 is 0. The van der Waals surface area contributed by atoms with Gasteiger partial charge < -0.3 is 0 Å². The van der Waals surface area contributed by atoms with Crippen molar-refractivity contribution in [2.24, 2.45) is 0 Å². The van der Waals surface area contributed by atoms with E-state index in [0.717, 1.165) is 24.2 Å². The summed E-state index contributed by atoms with van der Waals surface area (Å²) < 4.78 is 0. The van der Waals surface area contributed by atoms with Crippen LogP contribution in [0.1, 0.15) is 25.8 Å². The number of hydrogen-bond acceptors (Lipinski definition) is 2. The Morgan fingerprint density at radius 1 is 1.24 bits per heavy atom. The van der Waals surface area contributed by atoms with E-state index in [4.69, 9.17) is 0 Å². The first-order valence-corrected chi connectivity index (χ1v) is 6.19. The summed E-state index contributed by atoms with van der Waals surface area (Å²) in [5.41, 5.74) is 2.05. The minimum absolute atomic E-state index is 0.297. The number of hydrogen-bond donors (Lipinski definition) is 0. The molecule has 0 aliphatic carbocycles. The maximum absolute atomic E-state index is 11.9. The molecule has 2 rings (SSSR count). The molecule has 1 heterocycles. The van der Waals surface area contributed by atoms with E-state index in [1.165, 1.54) is 0 Å². The summed E-state index contributed by atoms with van der Waals surface area (Å²) in [6.45, 7) is 6.03. The summed E-state index contributed by atoms with van der Waals surface area (Å²) in [6.07, 6.45) is 2.67. The highest BCUT2D eigenvalue weighted by Gasteiger charge is 2.22. The van der Waals surface area contributed by atoms with Gasteiger partial charge in [0.2, 0.25) is 0 Å². The molecule has 1 aliphatic heterocycles. The van der Waals surface area contributed by atoms with E-state index < -0.39 is 0 Å². The SMILES string of the molecule is CC(C)N1CCC(=O)/C(=C/c2ccccc2)C1. The van der Waals surface area contributed by atoms with Gasteiger partial charge in [0, 0.05) is 31.1 Å². The summed E-state index contributed by atoms with van der Waals surface area (Å²) in [5, 5.41) is 0. The zero-order valence-electron chi connectivity index (χ0n) is 10.5. The molecule has 17 heavy (non-hydrogen) atoms. The number of likely N-dealkylation sites (tertiary alicyclic amines) is 1. The van der Waals surface area contributed by atoms with Crippen LogP contribution in [0.2, 0.25) is 0 Å². The van der Waals surface area contributed by atoms with E-state index in [1.807, 2.05) is 36.4 Å². The van der Waals surface area contributed by atoms with Crippen LogP contribution in [-0.2, 0) is 4.79 Å². The second-order valence-electron chi connectivity index (χ2n) is 4.82. The van der Waals surface area contributed by atoms with Gasteiger partial charge in [-0.25, -0.2) is 0 Å². The van der Waals surface area contributed by atoms with Crippen LogP contribution in [0.4, 0.5) is 0 Å². The van der Waals surface area contributed by atoms with E-state index in [2.05, 4.69) is 18.7 Å². The molecule has 0 amide bonds. The molecule has 0 unspecified atom stereocenters. The van der Waals surface area contributed by atoms with Crippen LogP contribution < -0.4 is 0 Å². The fraction of sp³-hybridized carbons (Fsp3) is 0.400. The second-order valence-corrected chi connectivity index (χ2v) is 4.82. The van der Waals surface area contributed by atoms with Gasteiger partial charge in [-0.1, -0.05) is 30.3 Å². The van der Waals surface area contributed by atoms with Crippen molar-refractivity contribution in [3.63, 3.8) is 0 Å². The number of nitrogens with zero attached hydrogens (tertiary/aromatic N) is 1. The number of benzene rings is 1. The zero-order chi connectivity index (χ0) is 12.3. The van der Waals surface area contributed by atoms with Crippen molar-refractivity contribution in [3.05, 3.63) is 41.5 Å². The third-order valence-corrected chi connectivity index (χ3v) is 3.23. The van der Waals surface area contributed by atoms with Crippen molar-refractivity contribution >= 4 is 11.9 Å². The Kier molecular flexibility index (Phi) is 3.75. The molecule has 0 atom stereocenters. The smallest absolute Gasteiger partial charge is 0.161 e. The van der Waals surface area contributed by atoms with Gasteiger partial charge in [0.1, 0.15) is 0 Å². The average Bonchev–Trinajstić information content (AvgIpc) is 2.33. The van der Waals surface area contributed by atoms with Crippen LogP contribution in [0.5, 0.6) is 0 Å². The van der Waals surface area contributed by atoms with E-state index in [1.54, 1.807) is 0 Å². The lowest BCUT2D eigenvalue weighted by atomic mass is 9.99. The van der Waals surface area contributed by atoms with Gasteiger partial charge in [-0.15, -0.1) is 0 Å². The summed E-state index contributed by atoms with van der Waals surface area (Å²) in [4.78, 5) is 14.2. The normalized spacial score (nSPS) is 20.2. The van der Waals surface area contributed by atoms with Crippen LogP contribution in [0.3, 0.4) is 0 Å². The third kappa shape index (κ3) is 3.04. The van der Waals surface area contributed by atoms with Gasteiger partial charge in [-0.3, -0.25) is 9.69 Å². The fourth-order valence-corrected chi connectivity index (χ4v) is 2.11. The van der Waals surface area contributed by atoms with Crippen LogP contribution in [0.25, 0.3) is 6.08 Å². The Balaban J connectivity index is 2.18. The lowest BCUT2D eigenvalue weighted by molar-refractivity contribution is -0.117. The van der Waals surface area contributed by atoms with Gasteiger partial charge in [0.05, 0.1) is 0 Å². The number of carbonyl (C=O) groups is 1. The standard InChI is InChI=1S/C15H19NO/c1-12(2)16-9-8-15(17)14(11-16)10-13-6-4-3-5-7-13/h3-7,10,12H,8-9,11H2,1-2H3/b14-10+. The highest BCUT2D eigenvalue weighted by molar-refractivity contribution is 6.00. The Morgan fingerprint density at radius 2 is 1.94 bits per heavy atom. The van der Waals surface area contributed by atoms with E-state index in [0.29, 0.717) is 18.2 Å². The second kappa shape index (κ2) is 5.28. The quantitative estimate of drug-likeness (QED) is 0.727. The molecule has 2 heteroatoms. The lowest BCUT2D eigenvalue weighted by Crippen LogP contribution is -2.40. The monoisotopic (exact) mass is 229 g/mol. The van der Waals surface area contributed by atoms with Gasteiger partial charge >= 0.3 is 0 Å². The Labute approximate surface area is 103 Å². The molecule has 2 nitrogen and oxygen atoms in total. The number of piperidine rings is 1. The van der Waals surface area contributed by atoms with Crippen LogP contribution in [0, 0.1) is 0 Å². The molecular formula is C15H19NO. The van der Waals surface area contributed by atoms with Gasteiger partial charge in [-0.2, -0.15) is 0 Å². The molecule has 1 saturated heterocycles. The van der Waals surface area contributed by atoms with Crippen molar-refractivity contribution in [2.45, 2.75) is 26.3 Å². The van der Waals surface area contributed by atoms with E-state index in [9.17, 15) is 4.79 Å². The maximum atomic E-state index is 11.9. The fourth-order valence-electron chi connectivity index (χ4n) is 2.11. The molecule has 0 spiro atoms. The minimum atomic E-state index is 0.297. The van der Waals surface area contributed by atoms with Gasteiger partial charge in [0.15, 0.2) is 5.78 Å². The molecule has 0 N–H and O–H groups in total. The van der Waals surface area contributed by atoms with E-state index in [-0.39, 0.29) is 0 Å². The zero-order valence-corrected chi connectivity index (χ0v) is 10.5. The van der Waals surface area contributed by atoms with Gasteiger partial charge in [0.25, 0.3) is 0 Å². The molecule has 0 aromatic heterocycles. The number of rotatable bonds is 2. The van der Waals surface area contributed by atoms with Crippen LogP contribution in [-0.4, -0.2) is 29.8 Å². The highest BCUT2D eigenvalue weighted by Crippen LogP contribution is 2.17. The summed E-state index contributed by atoms with van der Waals surface area (Å²) in [7, 11) is 0. The molecular weight excluding hydrogens is 210 g/mol. The Bertz CT molecular complexity index is 420. The minimum Gasteiger partial charge on any atom is -0.296 e. The van der Waals surface area contributed by atoms with E-state index >= 15 is 0 Å². The molecule has 90 valence electrons. The highest BCUT2D eigenvalue weighted by atomic mass is 16.1. The predicted octanol–water partition coefficient (Wildman–Crippen LogP) is 2.75. The molecule has 0 radical (unpaired) electrons. The van der Waals surface area contributed by atoms with Crippen molar-refractivity contribution in [1.82, 2.24) is 4.90 Å². The van der Waals surface area contributed by atoms with Crippen LogP contribution >= 0.6 is 0 Å². The molecule has 1 aromatic carbocycles. The number of ketones is 1. The van der Waals surface area contributed by atoms with Crippen molar-refractivity contribution in [2.75, 3.05) is 13.1 Å². The number of Topliss-reactive ketones (excluding diaryl/α,β-unsaturated/α-hetero) is 1. The Morgan fingerprint density at radius 3 is 2.59 bits per heavy atom. The van der Waals surface area contributed by atoms with Crippen LogP contribution in [0.15, 0.2) is 35.9 Å². The number of carbonyl (C=O) groups excluding carboxylic acids is 1. The first-order chi connectivity index (χ1) is 8.16. The van der Waals surface area contributed by atoms with Crippen molar-refractivity contribution in [3.8, 4) is 0 Å². The molecule has 1 fully saturated rings. The first kappa shape index (κ1) is 12.1. The molecule has 1 aromatic rings. The average molecular weight is 229 g/mol. The van der Waals surface area contributed by atoms with Crippen molar-refractivity contribution in [1.29, 1.82) is 0 Å². The first-order valence-electron chi connectivity index (χ1n) is 6.19. The largest absolute Gasteiger partial charge is 0.296 e. The Hall–Kier alpha value is -1.41. The molecule has 1 aliphatic rings. The lowest BCUT2D eigenvalue weighted by Gasteiger charge is -2.31. The predicted molar refractivity (Wildman–Crippen MR) is 70.8 cm³/mol. The third-order valence-electron chi connectivity index (χ3n) is 3.23. The summed E-state index contributed by atoms with van der Waals surface area (Å²) in [5.74, 6) is 0.297. The molecule has 0 saturated carbocycles. The topological polar surface area (TPSA) is 20.3 Å².